The zero-order valence-electron chi connectivity index (χ0n) is 16.9. The number of nitrogens with one attached hydrogen (secondary N) is 1. The van der Waals surface area contributed by atoms with Gasteiger partial charge in [-0.2, -0.15) is 13.2 Å². The molecule has 1 fully saturated rings. The summed E-state index contributed by atoms with van der Waals surface area (Å²) in [7, 11) is 0. The van der Waals surface area contributed by atoms with Crippen molar-refractivity contribution >= 4 is 11.7 Å². The summed E-state index contributed by atoms with van der Waals surface area (Å²) >= 11 is 0. The second kappa shape index (κ2) is 8.32. The van der Waals surface area contributed by atoms with Gasteiger partial charge < -0.3 is 5.32 Å². The smallest absolute Gasteiger partial charge is 0.349 e. The number of benzene rings is 1. The summed E-state index contributed by atoms with van der Waals surface area (Å²) in [6.07, 6.45) is 1.57. The van der Waals surface area contributed by atoms with Crippen LogP contribution in [0.5, 0.6) is 0 Å². The van der Waals surface area contributed by atoms with Crippen LogP contribution in [0.25, 0.3) is 5.69 Å². The van der Waals surface area contributed by atoms with Crippen LogP contribution in [0.2, 0.25) is 0 Å². The van der Waals surface area contributed by atoms with Crippen molar-refractivity contribution in [2.24, 2.45) is 0 Å². The number of amides is 1. The summed E-state index contributed by atoms with van der Waals surface area (Å²) in [6.45, 7) is 0. The van der Waals surface area contributed by atoms with E-state index in [1.807, 2.05) is 0 Å². The van der Waals surface area contributed by atoms with E-state index in [0.29, 0.717) is 30.5 Å². The van der Waals surface area contributed by atoms with Gasteiger partial charge in [-0.05, 0) is 56.0 Å². The average molecular weight is 432 g/mol. The molecule has 1 saturated carbocycles. The molecule has 2 aliphatic carbocycles. The number of rotatable bonds is 3. The van der Waals surface area contributed by atoms with Gasteiger partial charge in [0.15, 0.2) is 5.78 Å². The minimum Gasteiger partial charge on any atom is -0.349 e. The molecule has 0 radical (unpaired) electrons. The van der Waals surface area contributed by atoms with Gasteiger partial charge in [-0.1, -0.05) is 19.3 Å². The van der Waals surface area contributed by atoms with Crippen molar-refractivity contribution in [2.45, 2.75) is 63.6 Å². The highest BCUT2D eigenvalue weighted by Crippen LogP contribution is 2.30. The number of halogens is 3. The highest BCUT2D eigenvalue weighted by atomic mass is 19.4. The lowest BCUT2D eigenvalue weighted by atomic mass is 9.92. The number of alkyl halides is 3. The van der Waals surface area contributed by atoms with Gasteiger partial charge >= 0.3 is 6.18 Å². The molecule has 1 aromatic carbocycles. The highest BCUT2D eigenvalue weighted by Gasteiger charge is 2.31. The number of pyridine rings is 1. The number of ketones is 1. The first-order valence-corrected chi connectivity index (χ1v) is 10.6. The number of carbonyl (C=O) groups is 2. The van der Waals surface area contributed by atoms with Crippen molar-refractivity contribution in [3.8, 4) is 5.69 Å². The number of hydrogen-bond donors (Lipinski definition) is 1. The lowest BCUT2D eigenvalue weighted by Gasteiger charge is -2.24. The fraction of sp³-hybridized carbons (Fsp3) is 0.435. The molecule has 8 heteroatoms. The first kappa shape index (κ1) is 21.3. The van der Waals surface area contributed by atoms with Gasteiger partial charge in [-0.25, -0.2) is 0 Å². The van der Waals surface area contributed by atoms with Crippen LogP contribution in [-0.2, 0) is 12.6 Å². The largest absolute Gasteiger partial charge is 0.416 e. The maximum atomic E-state index is 13.3. The number of hydrogen-bond acceptors (Lipinski definition) is 3. The summed E-state index contributed by atoms with van der Waals surface area (Å²) < 4.78 is 40.1. The Hall–Kier alpha value is -2.90. The molecule has 2 aromatic rings. The molecule has 1 N–H and O–H groups in total. The highest BCUT2D eigenvalue weighted by molar-refractivity contribution is 6.02. The zero-order valence-corrected chi connectivity index (χ0v) is 16.9. The van der Waals surface area contributed by atoms with Crippen LogP contribution >= 0.6 is 0 Å². The summed E-state index contributed by atoms with van der Waals surface area (Å²) in [5, 5.41) is 2.89. The van der Waals surface area contributed by atoms with Gasteiger partial charge in [0.25, 0.3) is 11.5 Å². The third-order valence-electron chi connectivity index (χ3n) is 6.06. The zero-order chi connectivity index (χ0) is 22.2. The Morgan fingerprint density at radius 2 is 1.65 bits per heavy atom. The Balaban J connectivity index is 1.79. The van der Waals surface area contributed by atoms with Crippen LogP contribution < -0.4 is 10.9 Å². The van der Waals surface area contributed by atoms with Crippen LogP contribution in [0.4, 0.5) is 13.2 Å². The normalized spacial score (nSPS) is 17.3. The van der Waals surface area contributed by atoms with Crippen molar-refractivity contribution in [2.75, 3.05) is 0 Å². The van der Waals surface area contributed by atoms with E-state index in [4.69, 9.17) is 0 Å². The molecule has 2 aliphatic rings. The molecule has 1 amide bonds. The number of nitrogens with zero attached hydrogens (tertiary/aromatic N) is 1. The first-order valence-electron chi connectivity index (χ1n) is 10.6. The first-order chi connectivity index (χ1) is 14.8. The van der Waals surface area contributed by atoms with Crippen molar-refractivity contribution < 1.29 is 22.8 Å². The van der Waals surface area contributed by atoms with Gasteiger partial charge in [0, 0.05) is 29.4 Å². The molecule has 1 heterocycles. The topological polar surface area (TPSA) is 68.2 Å². The molecule has 4 rings (SSSR count). The molecule has 5 nitrogen and oxygen atoms in total. The Morgan fingerprint density at radius 1 is 0.968 bits per heavy atom. The molecule has 31 heavy (non-hydrogen) atoms. The monoisotopic (exact) mass is 432 g/mol. The van der Waals surface area contributed by atoms with E-state index in [-0.39, 0.29) is 23.1 Å². The van der Waals surface area contributed by atoms with Crippen molar-refractivity contribution in [1.29, 1.82) is 0 Å². The fourth-order valence-electron chi connectivity index (χ4n) is 4.44. The molecular formula is C23H23F3N2O3. The van der Waals surface area contributed by atoms with Crippen molar-refractivity contribution in [3.05, 3.63) is 63.1 Å². The molecule has 0 unspecified atom stereocenters. The summed E-state index contributed by atoms with van der Waals surface area (Å²) in [5.41, 5.74) is -0.674. The second-order valence-corrected chi connectivity index (χ2v) is 8.19. The third kappa shape index (κ3) is 4.29. The molecule has 0 saturated heterocycles. The van der Waals surface area contributed by atoms with E-state index >= 15 is 0 Å². The fourth-order valence-corrected chi connectivity index (χ4v) is 4.44. The Kier molecular flexibility index (Phi) is 5.73. The van der Waals surface area contributed by atoms with Crippen LogP contribution in [0.1, 0.15) is 76.9 Å². The van der Waals surface area contributed by atoms with Crippen molar-refractivity contribution in [3.63, 3.8) is 0 Å². The van der Waals surface area contributed by atoms with E-state index in [1.54, 1.807) is 0 Å². The number of fused-ring (bicyclic) bond motifs is 1. The maximum absolute atomic E-state index is 13.3. The van der Waals surface area contributed by atoms with Crippen molar-refractivity contribution in [1.82, 2.24) is 9.88 Å². The predicted octanol–water partition coefficient (Wildman–Crippen LogP) is 4.44. The Bertz CT molecular complexity index is 1070. The summed E-state index contributed by atoms with van der Waals surface area (Å²) in [6, 6.07) is 5.53. The van der Waals surface area contributed by atoms with Crippen LogP contribution in [0.15, 0.2) is 35.1 Å². The molecule has 164 valence electrons. The molecule has 0 aliphatic heterocycles. The van der Waals surface area contributed by atoms with Gasteiger partial charge in [0.1, 0.15) is 5.56 Å². The summed E-state index contributed by atoms with van der Waals surface area (Å²) in [5.74, 6) is -0.715. The Morgan fingerprint density at radius 3 is 2.29 bits per heavy atom. The second-order valence-electron chi connectivity index (χ2n) is 8.19. The Labute approximate surface area is 177 Å². The van der Waals surface area contributed by atoms with Gasteiger partial charge in [0.2, 0.25) is 0 Å². The van der Waals surface area contributed by atoms with Gasteiger partial charge in [-0.15, -0.1) is 0 Å². The minimum absolute atomic E-state index is 0.0214. The molecule has 0 bridgehead atoms. The quantitative estimate of drug-likeness (QED) is 0.780. The standard InChI is InChI=1S/C23H23F3N2O3/c24-23(25,26)14-9-11-16(12-10-14)28-19-7-4-8-20(29)17(19)13-18(22(28)31)21(30)27-15-5-2-1-3-6-15/h9-13,15H,1-8H2,(H,27,30). The van der Waals surface area contributed by atoms with Crippen LogP contribution in [0, 0.1) is 0 Å². The molecule has 0 spiro atoms. The van der Waals surface area contributed by atoms with E-state index in [2.05, 4.69) is 5.32 Å². The van der Waals surface area contributed by atoms with Crippen LogP contribution in [0.3, 0.4) is 0 Å². The van der Waals surface area contributed by atoms with Gasteiger partial charge in [0.05, 0.1) is 5.56 Å². The van der Waals surface area contributed by atoms with E-state index < -0.39 is 23.2 Å². The summed E-state index contributed by atoms with van der Waals surface area (Å²) in [4.78, 5) is 38.7. The van der Waals surface area contributed by atoms with E-state index in [1.165, 1.54) is 22.8 Å². The number of carbonyl (C=O) groups excluding carboxylic acids is 2. The van der Waals surface area contributed by atoms with Gasteiger partial charge in [-0.3, -0.25) is 19.0 Å². The molecule has 0 atom stereocenters. The van der Waals surface area contributed by atoms with Crippen LogP contribution in [-0.4, -0.2) is 22.3 Å². The molecular weight excluding hydrogens is 409 g/mol. The SMILES string of the molecule is O=C1CCCc2c1cc(C(=O)NC1CCCCC1)c(=O)n2-c1ccc(C(F)(F)F)cc1. The van der Waals surface area contributed by atoms with E-state index in [0.717, 1.165) is 44.2 Å². The van der Waals surface area contributed by atoms with E-state index in [9.17, 15) is 27.6 Å². The lowest BCUT2D eigenvalue weighted by Crippen LogP contribution is -2.41. The predicted molar refractivity (Wildman–Crippen MR) is 109 cm³/mol. The third-order valence-corrected chi connectivity index (χ3v) is 6.06. The molecule has 1 aromatic heterocycles. The number of Topliss-reactive ketones (excluding diaryl/α,β-unsaturated/α-hetero) is 1. The number of aromatic nitrogens is 1. The minimum atomic E-state index is -4.50. The maximum Gasteiger partial charge on any atom is 0.416 e. The average Bonchev–Trinajstić information content (AvgIpc) is 2.74. The lowest BCUT2D eigenvalue weighted by molar-refractivity contribution is -0.137.